The number of rotatable bonds is 7. The number of benzene rings is 1. The van der Waals surface area contributed by atoms with Gasteiger partial charge in [-0.05, 0) is 44.5 Å². The normalized spacial score (nSPS) is 12.6. The topological polar surface area (TPSA) is 51.0 Å². The summed E-state index contributed by atoms with van der Waals surface area (Å²) in [6.45, 7) is 5.28. The van der Waals surface area contributed by atoms with Crippen LogP contribution in [0.2, 0.25) is 0 Å². The Balaban J connectivity index is 1.98. The molecule has 0 saturated carbocycles. The van der Waals surface area contributed by atoms with E-state index in [4.69, 9.17) is 4.52 Å². The van der Waals surface area contributed by atoms with Gasteiger partial charge < -0.3 is 9.84 Å². The molecule has 0 aliphatic heterocycles. The van der Waals surface area contributed by atoms with Crippen LogP contribution in [0.5, 0.6) is 0 Å². The number of nitrogens with zero attached hydrogens (tertiary/aromatic N) is 2. The Hall–Kier alpha value is -1.27. The summed E-state index contributed by atoms with van der Waals surface area (Å²) in [5.74, 6) is 0.665. The Kier molecular flexibility index (Phi) is 5.87. The lowest BCUT2D eigenvalue weighted by Gasteiger charge is -2.10. The summed E-state index contributed by atoms with van der Waals surface area (Å²) in [4.78, 5) is 4.32. The van der Waals surface area contributed by atoms with Gasteiger partial charge in [0, 0.05) is 22.5 Å². The third kappa shape index (κ3) is 4.89. The van der Waals surface area contributed by atoms with E-state index >= 15 is 0 Å². The van der Waals surface area contributed by atoms with Crippen LogP contribution in [0.1, 0.15) is 32.6 Å². The fourth-order valence-corrected chi connectivity index (χ4v) is 2.45. The predicted molar refractivity (Wildman–Crippen MR) is 83.5 cm³/mol. The molecule has 0 radical (unpaired) electrons. The van der Waals surface area contributed by atoms with Crippen molar-refractivity contribution >= 4 is 15.9 Å². The third-order valence-electron chi connectivity index (χ3n) is 3.12. The molecule has 1 N–H and O–H groups in total. The molecule has 1 unspecified atom stereocenters. The third-order valence-corrected chi connectivity index (χ3v) is 3.58. The minimum atomic E-state index is -0.330. The highest BCUT2D eigenvalue weighted by Crippen LogP contribution is 2.22. The van der Waals surface area contributed by atoms with E-state index in [0.717, 1.165) is 19.4 Å². The minimum absolute atomic E-state index is 0.330. The first-order chi connectivity index (χ1) is 10.1. The number of aromatic nitrogens is 2. The average molecular weight is 356 g/mol. The maximum atomic E-state index is 13.4. The standard InChI is InChI=1S/C15H19BrFN3O/c1-3-6-18-10(2)4-5-14-19-15(20-21-14)11-7-12(16)9-13(17)8-11/h7-10,18H,3-6H2,1-2H3. The van der Waals surface area contributed by atoms with Crippen molar-refractivity contribution in [2.24, 2.45) is 0 Å². The van der Waals surface area contributed by atoms with Crippen molar-refractivity contribution in [2.45, 2.75) is 39.2 Å². The summed E-state index contributed by atoms with van der Waals surface area (Å²) in [6, 6.07) is 4.96. The fourth-order valence-electron chi connectivity index (χ4n) is 1.99. The molecule has 0 amide bonds. The fraction of sp³-hybridized carbons (Fsp3) is 0.467. The van der Waals surface area contributed by atoms with Gasteiger partial charge in [-0.3, -0.25) is 0 Å². The number of halogens is 2. The molecular weight excluding hydrogens is 337 g/mol. The highest BCUT2D eigenvalue weighted by atomic mass is 79.9. The van der Waals surface area contributed by atoms with Crippen LogP contribution in [0, 0.1) is 5.82 Å². The lowest BCUT2D eigenvalue weighted by atomic mass is 10.2. The Morgan fingerprint density at radius 2 is 2.19 bits per heavy atom. The zero-order chi connectivity index (χ0) is 15.2. The summed E-state index contributed by atoms with van der Waals surface area (Å²) in [7, 11) is 0. The van der Waals surface area contributed by atoms with Crippen LogP contribution in [0.15, 0.2) is 27.2 Å². The van der Waals surface area contributed by atoms with Gasteiger partial charge in [0.05, 0.1) is 0 Å². The zero-order valence-corrected chi connectivity index (χ0v) is 13.8. The molecule has 2 rings (SSSR count). The quantitative estimate of drug-likeness (QED) is 0.816. The molecule has 0 fully saturated rings. The molecule has 0 saturated heterocycles. The van der Waals surface area contributed by atoms with Crippen molar-refractivity contribution in [3.05, 3.63) is 34.4 Å². The monoisotopic (exact) mass is 355 g/mol. The van der Waals surface area contributed by atoms with Crippen LogP contribution in [-0.2, 0) is 6.42 Å². The van der Waals surface area contributed by atoms with Crippen LogP contribution in [-0.4, -0.2) is 22.7 Å². The minimum Gasteiger partial charge on any atom is -0.339 e. The second-order valence-corrected chi connectivity index (χ2v) is 5.98. The maximum absolute atomic E-state index is 13.4. The summed E-state index contributed by atoms with van der Waals surface area (Å²) >= 11 is 3.26. The number of hydrogen-bond donors (Lipinski definition) is 1. The first kappa shape index (κ1) is 16.1. The summed E-state index contributed by atoms with van der Waals surface area (Å²) in [6.07, 6.45) is 2.75. The Bertz CT molecular complexity index is 568. The molecule has 6 heteroatoms. The van der Waals surface area contributed by atoms with Crippen LogP contribution in [0.3, 0.4) is 0 Å². The van der Waals surface area contributed by atoms with E-state index in [9.17, 15) is 4.39 Å². The van der Waals surface area contributed by atoms with Crippen molar-refractivity contribution in [1.29, 1.82) is 0 Å². The first-order valence-electron chi connectivity index (χ1n) is 7.11. The summed E-state index contributed by atoms with van der Waals surface area (Å²) < 4.78 is 19.2. The predicted octanol–water partition coefficient (Wildman–Crippen LogP) is 3.96. The van der Waals surface area contributed by atoms with Crippen LogP contribution in [0.4, 0.5) is 4.39 Å². The molecule has 1 heterocycles. The van der Waals surface area contributed by atoms with Crippen molar-refractivity contribution in [2.75, 3.05) is 6.54 Å². The maximum Gasteiger partial charge on any atom is 0.227 e. The molecule has 4 nitrogen and oxygen atoms in total. The van der Waals surface area contributed by atoms with Crippen molar-refractivity contribution in [3.8, 4) is 11.4 Å². The lowest BCUT2D eigenvalue weighted by molar-refractivity contribution is 0.367. The first-order valence-corrected chi connectivity index (χ1v) is 7.90. The number of aryl methyl sites for hydroxylation is 1. The van der Waals surface area contributed by atoms with Crippen molar-refractivity contribution in [3.63, 3.8) is 0 Å². The Morgan fingerprint density at radius 3 is 2.90 bits per heavy atom. The Labute approximate surface area is 132 Å². The van der Waals surface area contributed by atoms with Crippen LogP contribution >= 0.6 is 15.9 Å². The zero-order valence-electron chi connectivity index (χ0n) is 12.2. The van der Waals surface area contributed by atoms with Gasteiger partial charge in [-0.2, -0.15) is 4.98 Å². The molecule has 2 aromatic rings. The molecule has 0 bridgehead atoms. The molecule has 1 aromatic heterocycles. The Morgan fingerprint density at radius 1 is 1.38 bits per heavy atom. The van der Waals surface area contributed by atoms with Gasteiger partial charge in [0.1, 0.15) is 5.82 Å². The van der Waals surface area contributed by atoms with E-state index in [2.05, 4.69) is 45.2 Å². The van der Waals surface area contributed by atoms with Gasteiger partial charge >= 0.3 is 0 Å². The summed E-state index contributed by atoms with van der Waals surface area (Å²) in [5, 5.41) is 7.33. The van der Waals surface area contributed by atoms with E-state index in [0.29, 0.717) is 34.2 Å². The van der Waals surface area contributed by atoms with E-state index in [1.165, 1.54) is 12.1 Å². The molecule has 1 aromatic carbocycles. The summed E-state index contributed by atoms with van der Waals surface area (Å²) in [5.41, 5.74) is 0.606. The average Bonchev–Trinajstić information content (AvgIpc) is 2.90. The smallest absolute Gasteiger partial charge is 0.227 e. The van der Waals surface area contributed by atoms with E-state index in [-0.39, 0.29) is 5.82 Å². The molecular formula is C15H19BrFN3O. The SMILES string of the molecule is CCCNC(C)CCc1nc(-c2cc(F)cc(Br)c2)no1. The lowest BCUT2D eigenvalue weighted by Crippen LogP contribution is -2.27. The molecule has 0 spiro atoms. The van der Waals surface area contributed by atoms with Crippen LogP contribution in [0.25, 0.3) is 11.4 Å². The van der Waals surface area contributed by atoms with Crippen molar-refractivity contribution in [1.82, 2.24) is 15.5 Å². The van der Waals surface area contributed by atoms with Gasteiger partial charge in [0.2, 0.25) is 11.7 Å². The van der Waals surface area contributed by atoms with Gasteiger partial charge in [-0.25, -0.2) is 4.39 Å². The largest absolute Gasteiger partial charge is 0.339 e. The molecule has 21 heavy (non-hydrogen) atoms. The van der Waals surface area contributed by atoms with E-state index in [1.54, 1.807) is 6.07 Å². The van der Waals surface area contributed by atoms with Crippen molar-refractivity contribution < 1.29 is 8.91 Å². The van der Waals surface area contributed by atoms with E-state index in [1.807, 2.05) is 0 Å². The molecule has 114 valence electrons. The molecule has 0 aliphatic carbocycles. The van der Waals surface area contributed by atoms with Crippen LogP contribution < -0.4 is 5.32 Å². The second kappa shape index (κ2) is 7.66. The number of hydrogen-bond acceptors (Lipinski definition) is 4. The molecule has 1 atom stereocenters. The van der Waals surface area contributed by atoms with Gasteiger partial charge in [-0.1, -0.05) is 28.0 Å². The number of nitrogens with one attached hydrogen (secondary N) is 1. The van der Waals surface area contributed by atoms with Gasteiger partial charge in [-0.15, -0.1) is 0 Å². The highest BCUT2D eigenvalue weighted by Gasteiger charge is 2.11. The van der Waals surface area contributed by atoms with E-state index < -0.39 is 0 Å². The van der Waals surface area contributed by atoms with Gasteiger partial charge in [0.25, 0.3) is 0 Å². The second-order valence-electron chi connectivity index (χ2n) is 5.06. The molecule has 0 aliphatic rings. The highest BCUT2D eigenvalue weighted by molar-refractivity contribution is 9.10. The van der Waals surface area contributed by atoms with Gasteiger partial charge in [0.15, 0.2) is 0 Å².